The van der Waals surface area contributed by atoms with Gasteiger partial charge in [0.25, 0.3) is 0 Å². The number of rotatable bonds is 1. The fraction of sp³-hybridized carbons (Fsp3) is 0.273. The highest BCUT2D eigenvalue weighted by Crippen LogP contribution is 2.22. The normalized spacial score (nSPS) is 15.9. The van der Waals surface area contributed by atoms with E-state index in [0.29, 0.717) is 0 Å². The maximum atomic E-state index is 5.85. The summed E-state index contributed by atoms with van der Waals surface area (Å²) in [5.74, 6) is 1.16. The van der Waals surface area contributed by atoms with E-state index in [1.807, 2.05) is 24.3 Å². The molecular formula is C11H10ClN3S2. The molecule has 6 heteroatoms. The number of hydrogen-bond donors (Lipinski definition) is 0. The number of halogens is 1. The zero-order valence-electron chi connectivity index (χ0n) is 8.97. The second-order valence-electron chi connectivity index (χ2n) is 3.69. The molecule has 0 spiro atoms. The highest BCUT2D eigenvalue weighted by molar-refractivity contribution is 7.99. The number of aromatic nitrogens is 2. The summed E-state index contributed by atoms with van der Waals surface area (Å²) < 4.78 is 6.61. The first kappa shape index (κ1) is 11.3. The lowest BCUT2D eigenvalue weighted by Crippen LogP contribution is -2.18. The van der Waals surface area contributed by atoms with Crippen LogP contribution in [-0.4, -0.2) is 14.7 Å². The lowest BCUT2D eigenvalue weighted by atomic mass is 10.3. The van der Waals surface area contributed by atoms with Gasteiger partial charge >= 0.3 is 0 Å². The molecule has 1 aromatic carbocycles. The van der Waals surface area contributed by atoms with E-state index in [2.05, 4.69) is 13.9 Å². The second-order valence-corrected chi connectivity index (χ2v) is 5.92. The van der Waals surface area contributed by atoms with Crippen LogP contribution >= 0.6 is 34.9 Å². The third-order valence-corrected chi connectivity index (χ3v) is 4.65. The Hall–Kier alpha value is -0.780. The van der Waals surface area contributed by atoms with Crippen molar-refractivity contribution in [1.29, 1.82) is 0 Å². The van der Waals surface area contributed by atoms with Crippen LogP contribution in [0.3, 0.4) is 0 Å². The summed E-state index contributed by atoms with van der Waals surface area (Å²) >= 11 is 9.11. The average Bonchev–Trinajstić information content (AvgIpc) is 2.76. The molecule has 1 aliphatic rings. The summed E-state index contributed by atoms with van der Waals surface area (Å²) in [5.41, 5.74) is 0.920. The first-order chi connectivity index (χ1) is 8.33. The summed E-state index contributed by atoms with van der Waals surface area (Å²) in [4.78, 5) is 5.57. The van der Waals surface area contributed by atoms with Gasteiger partial charge in [0.05, 0.1) is 5.69 Å². The maximum absolute atomic E-state index is 5.85. The summed E-state index contributed by atoms with van der Waals surface area (Å²) in [6.07, 6.45) is 1.18. The molecule has 0 unspecified atom stereocenters. The Morgan fingerprint density at radius 3 is 2.94 bits per heavy atom. The Morgan fingerprint density at radius 2 is 2.12 bits per heavy atom. The van der Waals surface area contributed by atoms with E-state index in [1.54, 1.807) is 11.8 Å². The summed E-state index contributed by atoms with van der Waals surface area (Å²) in [5, 5.41) is 1.83. The monoisotopic (exact) mass is 283 g/mol. The lowest BCUT2D eigenvalue weighted by Gasteiger charge is -2.11. The molecule has 2 aromatic rings. The van der Waals surface area contributed by atoms with E-state index in [0.717, 1.165) is 33.0 Å². The van der Waals surface area contributed by atoms with Crippen LogP contribution in [0.5, 0.6) is 0 Å². The van der Waals surface area contributed by atoms with Gasteiger partial charge in [-0.3, -0.25) is 4.57 Å². The predicted octanol–water partition coefficient (Wildman–Crippen LogP) is 3.33. The number of thioether (sulfide) groups is 1. The number of benzene rings is 1. The number of hydrogen-bond acceptors (Lipinski definition) is 4. The van der Waals surface area contributed by atoms with Crippen molar-refractivity contribution in [1.82, 2.24) is 8.94 Å². The molecule has 0 saturated heterocycles. The number of fused-ring (bicyclic) bond motifs is 1. The minimum absolute atomic E-state index is 0.735. The van der Waals surface area contributed by atoms with Crippen LogP contribution < -0.4 is 4.80 Å². The standard InChI is InChI=1S/C11H10ClN3S2/c12-8-2-4-9(5-3-8)13-10-15-6-1-7-16-11(15)14-17-10/h2-5H,1,6-7H2. The molecule has 0 fully saturated rings. The van der Waals surface area contributed by atoms with Crippen LogP contribution in [0, 0.1) is 0 Å². The number of nitrogens with zero attached hydrogens (tertiary/aromatic N) is 3. The Morgan fingerprint density at radius 1 is 1.29 bits per heavy atom. The minimum atomic E-state index is 0.735. The molecule has 0 N–H and O–H groups in total. The Kier molecular flexibility index (Phi) is 3.22. The van der Waals surface area contributed by atoms with Crippen molar-refractivity contribution in [3.8, 4) is 0 Å². The fourth-order valence-corrected chi connectivity index (χ4v) is 3.63. The van der Waals surface area contributed by atoms with Crippen LogP contribution in [0.4, 0.5) is 5.69 Å². The second kappa shape index (κ2) is 4.84. The lowest BCUT2D eigenvalue weighted by molar-refractivity contribution is 0.585. The first-order valence-electron chi connectivity index (χ1n) is 5.32. The van der Waals surface area contributed by atoms with Gasteiger partial charge in [0.2, 0.25) is 4.80 Å². The first-order valence-corrected chi connectivity index (χ1v) is 7.46. The Labute approximate surface area is 112 Å². The molecular weight excluding hydrogens is 274 g/mol. The third kappa shape index (κ3) is 2.41. The molecule has 0 bridgehead atoms. The quantitative estimate of drug-likeness (QED) is 0.804. The predicted molar refractivity (Wildman–Crippen MR) is 72.1 cm³/mol. The fourth-order valence-electron chi connectivity index (χ4n) is 1.65. The van der Waals surface area contributed by atoms with Crippen molar-refractivity contribution >= 4 is 40.6 Å². The molecule has 0 amide bonds. The van der Waals surface area contributed by atoms with Crippen molar-refractivity contribution in [2.45, 2.75) is 18.1 Å². The smallest absolute Gasteiger partial charge is 0.210 e. The van der Waals surface area contributed by atoms with E-state index < -0.39 is 0 Å². The third-order valence-electron chi connectivity index (χ3n) is 2.48. The van der Waals surface area contributed by atoms with Gasteiger partial charge in [-0.25, -0.2) is 4.99 Å². The van der Waals surface area contributed by atoms with Crippen molar-refractivity contribution in [2.75, 3.05) is 5.75 Å². The Balaban J connectivity index is 2.03. The topological polar surface area (TPSA) is 30.2 Å². The molecule has 88 valence electrons. The molecule has 0 saturated carbocycles. The highest BCUT2D eigenvalue weighted by atomic mass is 35.5. The minimum Gasteiger partial charge on any atom is -0.295 e. The van der Waals surface area contributed by atoms with Gasteiger partial charge in [0, 0.05) is 28.9 Å². The van der Waals surface area contributed by atoms with Gasteiger partial charge in [0.15, 0.2) is 5.16 Å². The average molecular weight is 284 g/mol. The molecule has 2 heterocycles. The van der Waals surface area contributed by atoms with E-state index >= 15 is 0 Å². The SMILES string of the molecule is Clc1ccc(N=c2snc3n2CCCS3)cc1. The Bertz CT molecular complexity index is 586. The van der Waals surface area contributed by atoms with E-state index in [9.17, 15) is 0 Å². The summed E-state index contributed by atoms with van der Waals surface area (Å²) in [6, 6.07) is 7.55. The van der Waals surface area contributed by atoms with Crippen LogP contribution in [0.15, 0.2) is 34.4 Å². The van der Waals surface area contributed by atoms with Crippen LogP contribution in [0.2, 0.25) is 5.02 Å². The van der Waals surface area contributed by atoms with Crippen LogP contribution in [0.1, 0.15) is 6.42 Å². The molecule has 3 rings (SSSR count). The van der Waals surface area contributed by atoms with Crippen molar-refractivity contribution in [2.24, 2.45) is 4.99 Å². The van der Waals surface area contributed by atoms with E-state index in [4.69, 9.17) is 11.6 Å². The van der Waals surface area contributed by atoms with Gasteiger partial charge < -0.3 is 0 Å². The molecule has 0 aliphatic carbocycles. The highest BCUT2D eigenvalue weighted by Gasteiger charge is 2.12. The van der Waals surface area contributed by atoms with Crippen molar-refractivity contribution in [3.63, 3.8) is 0 Å². The van der Waals surface area contributed by atoms with Gasteiger partial charge in [-0.05, 0) is 30.7 Å². The van der Waals surface area contributed by atoms with Gasteiger partial charge in [0.1, 0.15) is 0 Å². The molecule has 1 aromatic heterocycles. The molecule has 1 aliphatic heterocycles. The van der Waals surface area contributed by atoms with Crippen LogP contribution in [0.25, 0.3) is 0 Å². The van der Waals surface area contributed by atoms with Gasteiger partial charge in [-0.1, -0.05) is 23.4 Å². The summed E-state index contributed by atoms with van der Waals surface area (Å²) in [6.45, 7) is 1.02. The largest absolute Gasteiger partial charge is 0.295 e. The molecule has 0 atom stereocenters. The summed E-state index contributed by atoms with van der Waals surface area (Å²) in [7, 11) is 0. The molecule has 3 nitrogen and oxygen atoms in total. The molecule has 17 heavy (non-hydrogen) atoms. The molecule has 0 radical (unpaired) electrons. The van der Waals surface area contributed by atoms with Crippen molar-refractivity contribution in [3.05, 3.63) is 34.1 Å². The van der Waals surface area contributed by atoms with Gasteiger partial charge in [-0.15, -0.1) is 0 Å². The van der Waals surface area contributed by atoms with E-state index in [-0.39, 0.29) is 0 Å². The van der Waals surface area contributed by atoms with Gasteiger partial charge in [-0.2, -0.15) is 4.37 Å². The van der Waals surface area contributed by atoms with Crippen molar-refractivity contribution < 1.29 is 0 Å². The zero-order valence-corrected chi connectivity index (χ0v) is 11.4. The zero-order chi connectivity index (χ0) is 11.7. The van der Waals surface area contributed by atoms with E-state index in [1.165, 1.54) is 18.0 Å². The maximum Gasteiger partial charge on any atom is 0.210 e. The van der Waals surface area contributed by atoms with Crippen LogP contribution in [-0.2, 0) is 6.54 Å².